The number of thiazole rings is 1. The number of anilines is 3. The number of carbonyl (C=O) groups excluding carboxylic acids is 1. The third kappa shape index (κ3) is 4.27. The largest absolute Gasteiger partial charge is 0.331 e. The van der Waals surface area contributed by atoms with Gasteiger partial charge in [0.25, 0.3) is 5.91 Å². The van der Waals surface area contributed by atoms with Gasteiger partial charge in [-0.05, 0) is 56.2 Å². The summed E-state index contributed by atoms with van der Waals surface area (Å²) in [7, 11) is 0. The van der Waals surface area contributed by atoms with E-state index in [0.717, 1.165) is 27.0 Å². The SMILES string of the molecule is Cc1ccc(Nc2nc(C(=O)Nc3ccc(Br)cc3C)cs2)c(C)c1. The highest BCUT2D eigenvalue weighted by atomic mass is 79.9. The van der Waals surface area contributed by atoms with Crippen molar-refractivity contribution in [2.75, 3.05) is 10.6 Å². The van der Waals surface area contributed by atoms with Gasteiger partial charge in [0.05, 0.1) is 0 Å². The lowest BCUT2D eigenvalue weighted by atomic mass is 10.1. The number of nitrogens with zero attached hydrogens (tertiary/aromatic N) is 1. The first-order valence-electron chi connectivity index (χ1n) is 7.79. The summed E-state index contributed by atoms with van der Waals surface area (Å²) in [4.78, 5) is 16.8. The van der Waals surface area contributed by atoms with Gasteiger partial charge >= 0.3 is 0 Å². The second kappa shape index (κ2) is 7.37. The molecule has 0 fully saturated rings. The molecule has 3 aromatic rings. The van der Waals surface area contributed by atoms with Gasteiger partial charge in [-0.3, -0.25) is 4.79 Å². The summed E-state index contributed by atoms with van der Waals surface area (Å²) in [5, 5.41) is 8.64. The molecular weight excluding hydrogens is 398 g/mol. The lowest BCUT2D eigenvalue weighted by molar-refractivity contribution is 0.102. The lowest BCUT2D eigenvalue weighted by Gasteiger charge is -2.08. The van der Waals surface area contributed by atoms with Gasteiger partial charge in [0.2, 0.25) is 0 Å². The average molecular weight is 416 g/mol. The van der Waals surface area contributed by atoms with E-state index in [0.29, 0.717) is 10.8 Å². The Morgan fingerprint density at radius 1 is 1.04 bits per heavy atom. The van der Waals surface area contributed by atoms with Crippen LogP contribution in [0.15, 0.2) is 46.3 Å². The monoisotopic (exact) mass is 415 g/mol. The maximum absolute atomic E-state index is 12.4. The Balaban J connectivity index is 1.73. The van der Waals surface area contributed by atoms with Crippen LogP contribution in [0.5, 0.6) is 0 Å². The molecule has 2 N–H and O–H groups in total. The molecule has 0 radical (unpaired) electrons. The molecule has 1 aromatic heterocycles. The number of rotatable bonds is 4. The fraction of sp³-hybridized carbons (Fsp3) is 0.158. The first kappa shape index (κ1) is 17.6. The zero-order valence-electron chi connectivity index (χ0n) is 14.2. The molecular formula is C19H18BrN3OS. The predicted octanol–water partition coefficient (Wildman–Crippen LogP) is 5.83. The lowest BCUT2D eigenvalue weighted by Crippen LogP contribution is -2.13. The molecule has 0 aliphatic rings. The zero-order chi connectivity index (χ0) is 18.0. The van der Waals surface area contributed by atoms with E-state index >= 15 is 0 Å². The molecule has 1 heterocycles. The van der Waals surface area contributed by atoms with Gasteiger partial charge in [0.1, 0.15) is 5.69 Å². The van der Waals surface area contributed by atoms with Gasteiger partial charge in [-0.25, -0.2) is 4.98 Å². The maximum Gasteiger partial charge on any atom is 0.275 e. The van der Waals surface area contributed by atoms with E-state index in [1.165, 1.54) is 16.9 Å². The summed E-state index contributed by atoms with van der Waals surface area (Å²) in [6.45, 7) is 6.06. The number of hydrogen-bond acceptors (Lipinski definition) is 4. The van der Waals surface area contributed by atoms with Gasteiger partial charge in [0.15, 0.2) is 5.13 Å². The molecule has 128 valence electrons. The third-order valence-corrected chi connectivity index (χ3v) is 5.05. The number of carbonyl (C=O) groups is 1. The highest BCUT2D eigenvalue weighted by Gasteiger charge is 2.13. The van der Waals surface area contributed by atoms with Crippen molar-refractivity contribution in [3.05, 3.63) is 68.6 Å². The van der Waals surface area contributed by atoms with Crippen LogP contribution in [0.3, 0.4) is 0 Å². The molecule has 25 heavy (non-hydrogen) atoms. The van der Waals surface area contributed by atoms with Crippen LogP contribution in [0, 0.1) is 20.8 Å². The quantitative estimate of drug-likeness (QED) is 0.563. The highest BCUT2D eigenvalue weighted by Crippen LogP contribution is 2.25. The minimum absolute atomic E-state index is 0.213. The Bertz CT molecular complexity index is 936. The Kier molecular flexibility index (Phi) is 5.20. The molecule has 0 atom stereocenters. The number of aryl methyl sites for hydroxylation is 3. The minimum Gasteiger partial charge on any atom is -0.331 e. The van der Waals surface area contributed by atoms with Crippen LogP contribution in [0.4, 0.5) is 16.5 Å². The first-order chi connectivity index (χ1) is 11.9. The van der Waals surface area contributed by atoms with Crippen LogP contribution in [-0.2, 0) is 0 Å². The van der Waals surface area contributed by atoms with Gasteiger partial charge in [0, 0.05) is 21.2 Å². The van der Waals surface area contributed by atoms with Gasteiger partial charge in [-0.2, -0.15) is 0 Å². The van der Waals surface area contributed by atoms with Crippen LogP contribution >= 0.6 is 27.3 Å². The van der Waals surface area contributed by atoms with E-state index < -0.39 is 0 Å². The number of nitrogens with one attached hydrogen (secondary N) is 2. The number of aromatic nitrogens is 1. The molecule has 2 aromatic carbocycles. The van der Waals surface area contributed by atoms with E-state index in [4.69, 9.17) is 0 Å². The molecule has 6 heteroatoms. The molecule has 0 saturated carbocycles. The van der Waals surface area contributed by atoms with Crippen molar-refractivity contribution >= 4 is 49.7 Å². The molecule has 1 amide bonds. The number of halogens is 1. The standard InChI is InChI=1S/C19H18BrN3OS/c1-11-4-6-16(12(2)8-11)22-19-23-17(10-25-19)18(24)21-15-7-5-14(20)9-13(15)3/h4-10H,1-3H3,(H,21,24)(H,22,23). The van der Waals surface area contributed by atoms with E-state index in [2.05, 4.69) is 44.5 Å². The van der Waals surface area contributed by atoms with Crippen molar-refractivity contribution in [3.8, 4) is 0 Å². The van der Waals surface area contributed by atoms with Crippen molar-refractivity contribution in [1.29, 1.82) is 0 Å². The Morgan fingerprint density at radius 2 is 1.76 bits per heavy atom. The molecule has 0 bridgehead atoms. The van der Waals surface area contributed by atoms with Gasteiger partial charge < -0.3 is 10.6 Å². The number of benzene rings is 2. The molecule has 3 rings (SSSR count). The number of hydrogen-bond donors (Lipinski definition) is 2. The van der Waals surface area contributed by atoms with Crippen LogP contribution in [-0.4, -0.2) is 10.9 Å². The fourth-order valence-electron chi connectivity index (χ4n) is 2.46. The summed E-state index contributed by atoms with van der Waals surface area (Å²) >= 11 is 4.83. The van der Waals surface area contributed by atoms with E-state index in [9.17, 15) is 4.79 Å². The second-order valence-electron chi connectivity index (χ2n) is 5.89. The van der Waals surface area contributed by atoms with E-state index in [1.807, 2.05) is 44.2 Å². The van der Waals surface area contributed by atoms with Crippen molar-refractivity contribution in [2.24, 2.45) is 0 Å². The Morgan fingerprint density at radius 3 is 2.48 bits per heavy atom. The van der Waals surface area contributed by atoms with Crippen LogP contribution < -0.4 is 10.6 Å². The van der Waals surface area contributed by atoms with Crippen LogP contribution in [0.1, 0.15) is 27.2 Å². The summed E-state index contributed by atoms with van der Waals surface area (Å²) < 4.78 is 0.983. The molecule has 0 saturated heterocycles. The maximum atomic E-state index is 12.4. The minimum atomic E-state index is -0.213. The summed E-state index contributed by atoms with van der Waals surface area (Å²) in [6.07, 6.45) is 0. The second-order valence-corrected chi connectivity index (χ2v) is 7.67. The molecule has 0 unspecified atom stereocenters. The predicted molar refractivity (Wildman–Crippen MR) is 108 cm³/mol. The normalized spacial score (nSPS) is 10.6. The van der Waals surface area contributed by atoms with Crippen molar-refractivity contribution in [2.45, 2.75) is 20.8 Å². The van der Waals surface area contributed by atoms with Gasteiger partial charge in [-0.15, -0.1) is 11.3 Å². The van der Waals surface area contributed by atoms with Gasteiger partial charge in [-0.1, -0.05) is 33.6 Å². The molecule has 0 aliphatic carbocycles. The van der Waals surface area contributed by atoms with Crippen molar-refractivity contribution in [3.63, 3.8) is 0 Å². The van der Waals surface area contributed by atoms with Crippen LogP contribution in [0.25, 0.3) is 0 Å². The first-order valence-corrected chi connectivity index (χ1v) is 9.47. The summed E-state index contributed by atoms with van der Waals surface area (Å²) in [5.41, 5.74) is 5.53. The zero-order valence-corrected chi connectivity index (χ0v) is 16.6. The molecule has 0 aliphatic heterocycles. The van der Waals surface area contributed by atoms with Crippen molar-refractivity contribution in [1.82, 2.24) is 4.98 Å². The highest BCUT2D eigenvalue weighted by molar-refractivity contribution is 9.10. The third-order valence-electron chi connectivity index (χ3n) is 3.80. The summed E-state index contributed by atoms with van der Waals surface area (Å²) in [6, 6.07) is 11.9. The van der Waals surface area contributed by atoms with Crippen molar-refractivity contribution < 1.29 is 4.79 Å². The summed E-state index contributed by atoms with van der Waals surface area (Å²) in [5.74, 6) is -0.213. The van der Waals surface area contributed by atoms with E-state index in [-0.39, 0.29) is 5.91 Å². The molecule has 0 spiro atoms. The smallest absolute Gasteiger partial charge is 0.275 e. The van der Waals surface area contributed by atoms with E-state index in [1.54, 1.807) is 5.38 Å². The number of amides is 1. The fourth-order valence-corrected chi connectivity index (χ4v) is 3.64. The molecule has 4 nitrogen and oxygen atoms in total. The Hall–Kier alpha value is -2.18. The Labute approximate surface area is 159 Å². The topological polar surface area (TPSA) is 54.0 Å². The van der Waals surface area contributed by atoms with Crippen LogP contribution in [0.2, 0.25) is 0 Å². The average Bonchev–Trinajstić information content (AvgIpc) is 3.01.